The molecule has 0 amide bonds. The predicted molar refractivity (Wildman–Crippen MR) is 78.6 cm³/mol. The van der Waals surface area contributed by atoms with Crippen LogP contribution >= 0.6 is 0 Å². The van der Waals surface area contributed by atoms with Crippen molar-refractivity contribution in [3.8, 4) is 0 Å². The topological polar surface area (TPSA) is 64.1 Å². The third-order valence-corrected chi connectivity index (χ3v) is 3.24. The fraction of sp³-hybridized carbons (Fsp3) is 0.600. The van der Waals surface area contributed by atoms with Crippen LogP contribution in [0.3, 0.4) is 0 Å². The van der Waals surface area contributed by atoms with Gasteiger partial charge >= 0.3 is 0 Å². The number of hydrogen-bond donors (Lipinski definition) is 3. The van der Waals surface area contributed by atoms with Gasteiger partial charge in [-0.3, -0.25) is 0 Å². The Hall–Kier alpha value is -0.900. The Morgan fingerprint density at radius 2 is 1.94 bits per heavy atom. The lowest BCUT2D eigenvalue weighted by Crippen LogP contribution is -2.39. The van der Waals surface area contributed by atoms with Crippen molar-refractivity contribution in [2.24, 2.45) is 11.5 Å². The van der Waals surface area contributed by atoms with Gasteiger partial charge in [-0.15, -0.1) is 0 Å². The first-order valence-corrected chi connectivity index (χ1v) is 6.61. The number of nitrogens with two attached hydrogens (primary N) is 2. The molecule has 0 radical (unpaired) electrons. The van der Waals surface area contributed by atoms with Crippen LogP contribution in [0, 0.1) is 6.92 Å². The average molecular weight is 249 g/mol. The van der Waals surface area contributed by atoms with Crippen molar-refractivity contribution >= 4 is 0 Å². The number of rotatable bonds is 5. The van der Waals surface area contributed by atoms with Crippen molar-refractivity contribution in [2.45, 2.75) is 45.7 Å². The fourth-order valence-corrected chi connectivity index (χ4v) is 1.80. The lowest BCUT2D eigenvalue weighted by atomic mass is 9.85. The maximum atomic E-state index is 5.79. The molecule has 3 heteroatoms. The number of nitrogens with one attached hydrogen (secondary N) is 1. The molecule has 0 saturated heterocycles. The van der Waals surface area contributed by atoms with Gasteiger partial charge in [0.25, 0.3) is 0 Å². The molecule has 0 bridgehead atoms. The highest BCUT2D eigenvalue weighted by Gasteiger charge is 2.14. The maximum Gasteiger partial charge on any atom is 0.0290 e. The maximum absolute atomic E-state index is 5.79. The first kappa shape index (κ1) is 15.2. The summed E-state index contributed by atoms with van der Waals surface area (Å²) in [4.78, 5) is 0. The summed E-state index contributed by atoms with van der Waals surface area (Å²) in [6.07, 6.45) is 0. The quantitative estimate of drug-likeness (QED) is 0.744. The molecule has 0 heterocycles. The molecule has 18 heavy (non-hydrogen) atoms. The number of benzene rings is 1. The van der Waals surface area contributed by atoms with Gasteiger partial charge in [0, 0.05) is 25.7 Å². The van der Waals surface area contributed by atoms with Gasteiger partial charge in [0.2, 0.25) is 0 Å². The van der Waals surface area contributed by atoms with Crippen LogP contribution < -0.4 is 16.8 Å². The highest BCUT2D eigenvalue weighted by molar-refractivity contribution is 5.34. The van der Waals surface area contributed by atoms with E-state index in [1.54, 1.807) is 0 Å². The van der Waals surface area contributed by atoms with E-state index in [0.717, 1.165) is 13.1 Å². The zero-order valence-corrected chi connectivity index (χ0v) is 12.1. The number of aryl methyl sites for hydroxylation is 1. The van der Waals surface area contributed by atoms with Crippen molar-refractivity contribution in [1.82, 2.24) is 5.32 Å². The first-order chi connectivity index (χ1) is 8.34. The molecule has 0 aromatic heterocycles. The van der Waals surface area contributed by atoms with Gasteiger partial charge in [-0.1, -0.05) is 39.0 Å². The van der Waals surface area contributed by atoms with E-state index in [2.05, 4.69) is 51.2 Å². The summed E-state index contributed by atoms with van der Waals surface area (Å²) in [6, 6.07) is 6.73. The molecule has 1 aromatic rings. The van der Waals surface area contributed by atoms with Crippen molar-refractivity contribution in [1.29, 1.82) is 0 Å². The molecular weight excluding hydrogens is 222 g/mol. The zero-order valence-electron chi connectivity index (χ0n) is 12.1. The molecule has 0 aliphatic heterocycles. The predicted octanol–water partition coefficient (Wildman–Crippen LogP) is 1.67. The van der Waals surface area contributed by atoms with Crippen LogP contribution in [0.1, 0.15) is 37.5 Å². The molecule has 1 aromatic carbocycles. The van der Waals surface area contributed by atoms with Crippen LogP contribution in [0.2, 0.25) is 0 Å². The highest BCUT2D eigenvalue weighted by atomic mass is 14.9. The Labute approximate surface area is 111 Å². The molecule has 0 fully saturated rings. The van der Waals surface area contributed by atoms with E-state index in [1.165, 1.54) is 16.7 Å². The van der Waals surface area contributed by atoms with E-state index in [-0.39, 0.29) is 11.5 Å². The van der Waals surface area contributed by atoms with Gasteiger partial charge in [-0.05, 0) is 29.0 Å². The smallest absolute Gasteiger partial charge is 0.0290 e. The molecule has 102 valence electrons. The van der Waals surface area contributed by atoms with Gasteiger partial charge in [0.15, 0.2) is 0 Å². The van der Waals surface area contributed by atoms with Gasteiger partial charge in [-0.25, -0.2) is 0 Å². The van der Waals surface area contributed by atoms with Gasteiger partial charge in [-0.2, -0.15) is 0 Å². The van der Waals surface area contributed by atoms with Crippen molar-refractivity contribution in [3.05, 3.63) is 34.9 Å². The van der Waals surface area contributed by atoms with Crippen LogP contribution in [0.15, 0.2) is 18.2 Å². The lowest BCUT2D eigenvalue weighted by molar-refractivity contribution is 0.574. The van der Waals surface area contributed by atoms with Gasteiger partial charge in [0.05, 0.1) is 0 Å². The standard InChI is InChI=1S/C15H27N3/c1-11-5-6-13(15(2,3)4)7-12(11)9-18-10-14(17)8-16/h5-7,14,18H,8-10,16-17H2,1-4H3. The van der Waals surface area contributed by atoms with Crippen molar-refractivity contribution in [3.63, 3.8) is 0 Å². The number of hydrogen-bond acceptors (Lipinski definition) is 3. The van der Waals surface area contributed by atoms with Gasteiger partial charge in [0.1, 0.15) is 0 Å². The third-order valence-electron chi connectivity index (χ3n) is 3.24. The minimum Gasteiger partial charge on any atom is -0.329 e. The van der Waals surface area contributed by atoms with E-state index in [1.807, 2.05) is 0 Å². The molecule has 1 rings (SSSR count). The largest absolute Gasteiger partial charge is 0.329 e. The SMILES string of the molecule is Cc1ccc(C(C)(C)C)cc1CNCC(N)CN. The minimum absolute atomic E-state index is 0.0381. The van der Waals surface area contributed by atoms with Crippen molar-refractivity contribution in [2.75, 3.05) is 13.1 Å². The summed E-state index contributed by atoms with van der Waals surface area (Å²) in [6.45, 7) is 11.0. The van der Waals surface area contributed by atoms with Crippen LogP contribution in [-0.2, 0) is 12.0 Å². The van der Waals surface area contributed by atoms with E-state index in [0.29, 0.717) is 6.54 Å². The minimum atomic E-state index is 0.0381. The van der Waals surface area contributed by atoms with E-state index in [4.69, 9.17) is 11.5 Å². The highest BCUT2D eigenvalue weighted by Crippen LogP contribution is 2.24. The van der Waals surface area contributed by atoms with E-state index in [9.17, 15) is 0 Å². The van der Waals surface area contributed by atoms with Gasteiger partial charge < -0.3 is 16.8 Å². The molecule has 1 atom stereocenters. The summed E-state index contributed by atoms with van der Waals surface area (Å²) < 4.78 is 0. The van der Waals surface area contributed by atoms with Crippen LogP contribution in [0.4, 0.5) is 0 Å². The second-order valence-electron chi connectivity index (χ2n) is 6.02. The molecular formula is C15H27N3. The summed E-state index contributed by atoms with van der Waals surface area (Å²) >= 11 is 0. The summed E-state index contributed by atoms with van der Waals surface area (Å²) in [5.74, 6) is 0. The third kappa shape index (κ3) is 4.41. The average Bonchev–Trinajstić information content (AvgIpc) is 2.29. The van der Waals surface area contributed by atoms with E-state index >= 15 is 0 Å². The molecule has 0 aliphatic rings. The molecule has 0 saturated carbocycles. The fourth-order valence-electron chi connectivity index (χ4n) is 1.80. The van der Waals surface area contributed by atoms with Crippen LogP contribution in [0.5, 0.6) is 0 Å². The Kier molecular flexibility index (Phi) is 5.32. The Bertz CT molecular complexity index is 380. The second-order valence-corrected chi connectivity index (χ2v) is 6.02. The normalized spacial score (nSPS) is 13.7. The molecule has 3 nitrogen and oxygen atoms in total. The Morgan fingerprint density at radius 1 is 1.28 bits per heavy atom. The summed E-state index contributed by atoms with van der Waals surface area (Å²) in [5, 5.41) is 3.37. The second kappa shape index (κ2) is 6.32. The van der Waals surface area contributed by atoms with Crippen molar-refractivity contribution < 1.29 is 0 Å². The molecule has 1 unspecified atom stereocenters. The van der Waals surface area contributed by atoms with E-state index < -0.39 is 0 Å². The van der Waals surface area contributed by atoms with Crippen LogP contribution in [-0.4, -0.2) is 19.1 Å². The Morgan fingerprint density at radius 3 is 2.50 bits per heavy atom. The van der Waals surface area contributed by atoms with Crippen LogP contribution in [0.25, 0.3) is 0 Å². The zero-order chi connectivity index (χ0) is 13.8. The lowest BCUT2D eigenvalue weighted by Gasteiger charge is -2.21. The Balaban J connectivity index is 2.70. The monoisotopic (exact) mass is 249 g/mol. The first-order valence-electron chi connectivity index (χ1n) is 6.61. The molecule has 0 spiro atoms. The molecule has 5 N–H and O–H groups in total. The summed E-state index contributed by atoms with van der Waals surface area (Å²) in [7, 11) is 0. The summed E-state index contributed by atoms with van der Waals surface area (Å²) in [5.41, 5.74) is 15.5. The molecule has 0 aliphatic carbocycles.